The summed E-state index contributed by atoms with van der Waals surface area (Å²) in [6.07, 6.45) is 3.56. The maximum Gasteiger partial charge on any atom is 0.174 e. The first kappa shape index (κ1) is 10.6. The largest absolute Gasteiger partial charge is 0.479 e. The molecule has 0 saturated heterocycles. The Morgan fingerprint density at radius 2 is 2.00 bits per heavy atom. The van der Waals surface area contributed by atoms with Gasteiger partial charge in [0, 0.05) is 0 Å². The van der Waals surface area contributed by atoms with Gasteiger partial charge in [0.05, 0.1) is 0 Å². The molecule has 2 nitrogen and oxygen atoms in total. The molecule has 2 heteroatoms. The van der Waals surface area contributed by atoms with Gasteiger partial charge in [0.2, 0.25) is 0 Å². The van der Waals surface area contributed by atoms with Gasteiger partial charge in [0.25, 0.3) is 0 Å². The van der Waals surface area contributed by atoms with Gasteiger partial charge >= 0.3 is 0 Å². The SMILES string of the molecule is CCCCc1ccc(OCC#N)cc1. The van der Waals surface area contributed by atoms with Crippen LogP contribution in [0.3, 0.4) is 0 Å². The summed E-state index contributed by atoms with van der Waals surface area (Å²) in [5.41, 5.74) is 1.33. The zero-order valence-electron chi connectivity index (χ0n) is 8.49. The van der Waals surface area contributed by atoms with Gasteiger partial charge in [-0.2, -0.15) is 5.26 Å². The van der Waals surface area contributed by atoms with Crippen molar-refractivity contribution in [2.45, 2.75) is 26.2 Å². The Hall–Kier alpha value is -1.49. The molecule has 0 aliphatic heterocycles. The molecule has 0 spiro atoms. The average molecular weight is 189 g/mol. The van der Waals surface area contributed by atoms with Crippen molar-refractivity contribution in [3.8, 4) is 11.8 Å². The molecular formula is C12H15NO. The normalized spacial score (nSPS) is 9.43. The van der Waals surface area contributed by atoms with Gasteiger partial charge in [-0.05, 0) is 30.5 Å². The highest BCUT2D eigenvalue weighted by molar-refractivity contribution is 5.27. The second-order valence-corrected chi connectivity index (χ2v) is 3.19. The molecule has 1 aromatic rings. The molecule has 1 aromatic carbocycles. The molecule has 0 heterocycles. The van der Waals surface area contributed by atoms with Crippen LogP contribution in [0.1, 0.15) is 25.3 Å². The van der Waals surface area contributed by atoms with E-state index in [-0.39, 0.29) is 6.61 Å². The summed E-state index contributed by atoms with van der Waals surface area (Å²) in [4.78, 5) is 0. The van der Waals surface area contributed by atoms with Crippen molar-refractivity contribution in [1.82, 2.24) is 0 Å². The molecule has 74 valence electrons. The molecule has 14 heavy (non-hydrogen) atoms. The minimum absolute atomic E-state index is 0.119. The molecule has 0 N–H and O–H groups in total. The van der Waals surface area contributed by atoms with E-state index in [4.69, 9.17) is 10.00 Å². The van der Waals surface area contributed by atoms with Crippen molar-refractivity contribution in [3.05, 3.63) is 29.8 Å². The summed E-state index contributed by atoms with van der Waals surface area (Å²) in [6.45, 7) is 2.30. The monoisotopic (exact) mass is 189 g/mol. The summed E-state index contributed by atoms with van der Waals surface area (Å²) < 4.78 is 5.15. The van der Waals surface area contributed by atoms with Gasteiger partial charge in [0.1, 0.15) is 11.8 Å². The van der Waals surface area contributed by atoms with E-state index in [1.54, 1.807) is 0 Å². The van der Waals surface area contributed by atoms with Crippen LogP contribution in [0.2, 0.25) is 0 Å². The highest BCUT2D eigenvalue weighted by Crippen LogP contribution is 2.13. The van der Waals surface area contributed by atoms with Crippen molar-refractivity contribution in [3.63, 3.8) is 0 Å². The molecule has 0 atom stereocenters. The minimum atomic E-state index is 0.119. The van der Waals surface area contributed by atoms with E-state index in [0.717, 1.165) is 12.2 Å². The number of hydrogen-bond donors (Lipinski definition) is 0. The summed E-state index contributed by atoms with van der Waals surface area (Å²) in [5, 5.41) is 8.32. The number of nitrogens with zero attached hydrogens (tertiary/aromatic N) is 1. The number of rotatable bonds is 5. The fraction of sp³-hybridized carbons (Fsp3) is 0.417. The quantitative estimate of drug-likeness (QED) is 0.713. The highest BCUT2D eigenvalue weighted by atomic mass is 16.5. The first-order chi connectivity index (χ1) is 6.86. The Morgan fingerprint density at radius 1 is 1.29 bits per heavy atom. The van der Waals surface area contributed by atoms with E-state index in [1.165, 1.54) is 18.4 Å². The molecule has 1 rings (SSSR count). The third-order valence-electron chi connectivity index (χ3n) is 2.05. The van der Waals surface area contributed by atoms with Gasteiger partial charge in [-0.1, -0.05) is 25.5 Å². The van der Waals surface area contributed by atoms with Crippen LogP contribution in [0.4, 0.5) is 0 Å². The summed E-state index contributed by atoms with van der Waals surface area (Å²) >= 11 is 0. The van der Waals surface area contributed by atoms with Crippen LogP contribution in [0.15, 0.2) is 24.3 Å². The van der Waals surface area contributed by atoms with Crippen LogP contribution < -0.4 is 4.74 Å². The predicted molar refractivity (Wildman–Crippen MR) is 56.2 cm³/mol. The van der Waals surface area contributed by atoms with E-state index in [1.807, 2.05) is 18.2 Å². The molecule has 0 unspecified atom stereocenters. The standard InChI is InChI=1S/C12H15NO/c1-2-3-4-11-5-7-12(8-6-11)14-10-9-13/h5-8H,2-4,10H2,1H3. The van der Waals surface area contributed by atoms with Gasteiger partial charge in [-0.3, -0.25) is 0 Å². The van der Waals surface area contributed by atoms with Gasteiger partial charge in [0.15, 0.2) is 6.61 Å². The molecule has 0 radical (unpaired) electrons. The lowest BCUT2D eigenvalue weighted by molar-refractivity contribution is 0.368. The molecule has 0 aliphatic carbocycles. The van der Waals surface area contributed by atoms with Crippen molar-refractivity contribution in [2.75, 3.05) is 6.61 Å². The maximum absolute atomic E-state index is 8.32. The van der Waals surface area contributed by atoms with Crippen molar-refractivity contribution in [2.24, 2.45) is 0 Å². The van der Waals surface area contributed by atoms with Gasteiger partial charge < -0.3 is 4.74 Å². The van der Waals surface area contributed by atoms with Crippen molar-refractivity contribution >= 4 is 0 Å². The Labute approximate surface area is 85.1 Å². The van der Waals surface area contributed by atoms with E-state index in [9.17, 15) is 0 Å². The van der Waals surface area contributed by atoms with Crippen molar-refractivity contribution < 1.29 is 4.74 Å². The third kappa shape index (κ3) is 3.49. The van der Waals surface area contributed by atoms with Gasteiger partial charge in [-0.15, -0.1) is 0 Å². The Bertz CT molecular complexity index is 297. The second kappa shape index (κ2) is 6.04. The number of unbranched alkanes of at least 4 members (excludes halogenated alkanes) is 1. The van der Waals surface area contributed by atoms with E-state index in [2.05, 4.69) is 19.1 Å². The fourth-order valence-electron chi connectivity index (χ4n) is 1.25. The highest BCUT2D eigenvalue weighted by Gasteiger charge is 1.94. The summed E-state index contributed by atoms with van der Waals surface area (Å²) in [6, 6.07) is 9.90. The molecule has 0 saturated carbocycles. The Balaban J connectivity index is 2.47. The molecule has 0 amide bonds. The first-order valence-corrected chi connectivity index (χ1v) is 4.95. The lowest BCUT2D eigenvalue weighted by atomic mass is 10.1. The average Bonchev–Trinajstić information content (AvgIpc) is 2.25. The Morgan fingerprint density at radius 3 is 2.57 bits per heavy atom. The number of ether oxygens (including phenoxy) is 1. The van der Waals surface area contributed by atoms with Crippen LogP contribution in [0.25, 0.3) is 0 Å². The van der Waals surface area contributed by atoms with Gasteiger partial charge in [-0.25, -0.2) is 0 Å². The fourth-order valence-corrected chi connectivity index (χ4v) is 1.25. The van der Waals surface area contributed by atoms with E-state index in [0.29, 0.717) is 0 Å². The first-order valence-electron chi connectivity index (χ1n) is 4.95. The minimum Gasteiger partial charge on any atom is -0.479 e. The number of benzene rings is 1. The molecule has 0 aliphatic rings. The van der Waals surface area contributed by atoms with Crippen LogP contribution in [-0.2, 0) is 6.42 Å². The molecule has 0 bridgehead atoms. The lowest BCUT2D eigenvalue weighted by Crippen LogP contribution is -1.93. The zero-order chi connectivity index (χ0) is 10.2. The van der Waals surface area contributed by atoms with Crippen LogP contribution in [0.5, 0.6) is 5.75 Å². The van der Waals surface area contributed by atoms with E-state index >= 15 is 0 Å². The van der Waals surface area contributed by atoms with E-state index < -0.39 is 0 Å². The molecule has 0 aromatic heterocycles. The zero-order valence-corrected chi connectivity index (χ0v) is 8.49. The summed E-state index contributed by atoms with van der Waals surface area (Å²) in [7, 11) is 0. The molecule has 0 fully saturated rings. The smallest absolute Gasteiger partial charge is 0.174 e. The lowest BCUT2D eigenvalue weighted by Gasteiger charge is -2.03. The third-order valence-corrected chi connectivity index (χ3v) is 2.05. The number of hydrogen-bond acceptors (Lipinski definition) is 2. The van der Waals surface area contributed by atoms with Crippen LogP contribution in [0, 0.1) is 11.3 Å². The number of nitriles is 1. The number of aryl methyl sites for hydroxylation is 1. The Kier molecular flexibility index (Phi) is 4.57. The molecular weight excluding hydrogens is 174 g/mol. The predicted octanol–water partition coefficient (Wildman–Crippen LogP) is 2.93. The topological polar surface area (TPSA) is 33.0 Å². The maximum atomic E-state index is 8.32. The summed E-state index contributed by atoms with van der Waals surface area (Å²) in [5.74, 6) is 0.770. The van der Waals surface area contributed by atoms with Crippen molar-refractivity contribution in [1.29, 1.82) is 5.26 Å². The second-order valence-electron chi connectivity index (χ2n) is 3.19. The van der Waals surface area contributed by atoms with Crippen LogP contribution >= 0.6 is 0 Å². The van der Waals surface area contributed by atoms with Crippen LogP contribution in [-0.4, -0.2) is 6.61 Å².